The SMILES string of the molecule is CCCCCCC/C=C\C/C=C\CCCCCCCCCCCCCCCCCCCCCCCC(=O)OCC(COC(=O)CCCCCCCCC)OC(=O)CCCCCCCCCCCCCCCC. The summed E-state index contributed by atoms with van der Waals surface area (Å²) in [7, 11) is 0. The summed E-state index contributed by atoms with van der Waals surface area (Å²) in [6.07, 6.45) is 73.8. The molecule has 1 unspecified atom stereocenters. The molecule has 0 heterocycles. The van der Waals surface area contributed by atoms with Crippen LogP contribution in [0.5, 0.6) is 0 Å². The zero-order valence-electron chi connectivity index (χ0n) is 48.7. The molecule has 0 radical (unpaired) electrons. The molecule has 0 aromatic carbocycles. The maximum atomic E-state index is 12.8. The molecule has 0 bridgehead atoms. The molecule has 0 fully saturated rings. The Labute approximate surface area is 449 Å². The molecular formula is C66H124O6. The van der Waals surface area contributed by atoms with Crippen LogP contribution in [0.25, 0.3) is 0 Å². The van der Waals surface area contributed by atoms with Gasteiger partial charge < -0.3 is 14.2 Å². The molecule has 0 aromatic heterocycles. The lowest BCUT2D eigenvalue weighted by Crippen LogP contribution is -2.30. The Morgan fingerprint density at radius 2 is 0.500 bits per heavy atom. The molecule has 6 heteroatoms. The largest absolute Gasteiger partial charge is 0.462 e. The van der Waals surface area contributed by atoms with Crippen LogP contribution < -0.4 is 0 Å². The number of allylic oxidation sites excluding steroid dienone is 4. The van der Waals surface area contributed by atoms with E-state index in [1.165, 1.54) is 257 Å². The van der Waals surface area contributed by atoms with Gasteiger partial charge in [-0.1, -0.05) is 315 Å². The van der Waals surface area contributed by atoms with Gasteiger partial charge in [0.1, 0.15) is 13.2 Å². The van der Waals surface area contributed by atoms with E-state index in [-0.39, 0.29) is 31.1 Å². The van der Waals surface area contributed by atoms with Gasteiger partial charge in [-0.3, -0.25) is 14.4 Å². The number of hydrogen-bond donors (Lipinski definition) is 0. The molecule has 0 aliphatic rings. The number of rotatable bonds is 60. The van der Waals surface area contributed by atoms with Crippen molar-refractivity contribution in [3.8, 4) is 0 Å². The van der Waals surface area contributed by atoms with E-state index in [4.69, 9.17) is 14.2 Å². The maximum absolute atomic E-state index is 12.8. The van der Waals surface area contributed by atoms with Crippen LogP contribution in [0.4, 0.5) is 0 Å². The fourth-order valence-electron chi connectivity index (χ4n) is 9.83. The first-order valence-corrected chi connectivity index (χ1v) is 32.3. The zero-order valence-corrected chi connectivity index (χ0v) is 48.7. The molecule has 0 aliphatic heterocycles. The number of esters is 3. The van der Waals surface area contributed by atoms with Crippen LogP contribution in [0.1, 0.15) is 361 Å². The van der Waals surface area contributed by atoms with Gasteiger partial charge in [0.2, 0.25) is 0 Å². The number of carbonyl (C=O) groups excluding carboxylic acids is 3. The maximum Gasteiger partial charge on any atom is 0.306 e. The number of ether oxygens (including phenoxy) is 3. The molecule has 1 atom stereocenters. The number of carbonyl (C=O) groups is 3. The highest BCUT2D eigenvalue weighted by atomic mass is 16.6. The van der Waals surface area contributed by atoms with Gasteiger partial charge in [0.25, 0.3) is 0 Å². The summed E-state index contributed by atoms with van der Waals surface area (Å²) in [5.74, 6) is -0.847. The van der Waals surface area contributed by atoms with Crippen molar-refractivity contribution in [1.29, 1.82) is 0 Å². The Morgan fingerprint density at radius 3 is 0.764 bits per heavy atom. The van der Waals surface area contributed by atoms with Crippen molar-refractivity contribution in [3.05, 3.63) is 24.3 Å². The summed E-state index contributed by atoms with van der Waals surface area (Å²) in [4.78, 5) is 38.0. The van der Waals surface area contributed by atoms with Crippen LogP contribution in [-0.4, -0.2) is 37.2 Å². The van der Waals surface area contributed by atoms with Gasteiger partial charge in [0.15, 0.2) is 6.10 Å². The quantitative estimate of drug-likeness (QED) is 0.0261. The predicted octanol–water partition coefficient (Wildman–Crippen LogP) is 21.8. The molecule has 0 saturated carbocycles. The Bertz CT molecular complexity index is 1160. The molecule has 72 heavy (non-hydrogen) atoms. The van der Waals surface area contributed by atoms with Crippen LogP contribution in [0.3, 0.4) is 0 Å². The van der Waals surface area contributed by atoms with Gasteiger partial charge >= 0.3 is 17.9 Å². The summed E-state index contributed by atoms with van der Waals surface area (Å²) in [5, 5.41) is 0. The van der Waals surface area contributed by atoms with Gasteiger partial charge in [-0.25, -0.2) is 0 Å². The van der Waals surface area contributed by atoms with Crippen molar-refractivity contribution in [2.24, 2.45) is 0 Å². The molecule has 424 valence electrons. The smallest absolute Gasteiger partial charge is 0.306 e. The molecule has 0 aromatic rings. The minimum Gasteiger partial charge on any atom is -0.462 e. The molecule has 0 saturated heterocycles. The molecule has 0 aliphatic carbocycles. The lowest BCUT2D eigenvalue weighted by molar-refractivity contribution is -0.167. The van der Waals surface area contributed by atoms with Crippen LogP contribution in [0, 0.1) is 0 Å². The van der Waals surface area contributed by atoms with E-state index in [1.807, 2.05) is 0 Å². The van der Waals surface area contributed by atoms with E-state index in [0.717, 1.165) is 64.2 Å². The normalized spacial score (nSPS) is 12.1. The minimum absolute atomic E-state index is 0.0642. The second-order valence-corrected chi connectivity index (χ2v) is 22.0. The van der Waals surface area contributed by atoms with E-state index in [9.17, 15) is 14.4 Å². The summed E-state index contributed by atoms with van der Waals surface area (Å²) in [6.45, 7) is 6.64. The van der Waals surface area contributed by atoms with Gasteiger partial charge in [-0.15, -0.1) is 0 Å². The Balaban J connectivity index is 3.92. The van der Waals surface area contributed by atoms with Crippen molar-refractivity contribution in [3.63, 3.8) is 0 Å². The first-order valence-electron chi connectivity index (χ1n) is 32.3. The Kier molecular flexibility index (Phi) is 59.6. The van der Waals surface area contributed by atoms with E-state index in [0.29, 0.717) is 19.3 Å². The van der Waals surface area contributed by atoms with Crippen molar-refractivity contribution in [1.82, 2.24) is 0 Å². The Morgan fingerprint density at radius 1 is 0.278 bits per heavy atom. The first-order chi connectivity index (χ1) is 35.5. The second-order valence-electron chi connectivity index (χ2n) is 22.0. The summed E-state index contributed by atoms with van der Waals surface area (Å²) in [5.41, 5.74) is 0. The van der Waals surface area contributed by atoms with Gasteiger partial charge in [0.05, 0.1) is 0 Å². The molecule has 0 amide bonds. The van der Waals surface area contributed by atoms with E-state index < -0.39 is 6.10 Å². The third-order valence-electron chi connectivity index (χ3n) is 14.7. The van der Waals surface area contributed by atoms with Crippen molar-refractivity contribution < 1.29 is 28.6 Å². The summed E-state index contributed by atoms with van der Waals surface area (Å²) >= 11 is 0. The minimum atomic E-state index is -0.762. The van der Waals surface area contributed by atoms with E-state index in [2.05, 4.69) is 45.1 Å². The average molecular weight is 1010 g/mol. The number of unbranched alkanes of at least 4 members (excludes halogenated alkanes) is 45. The average Bonchev–Trinajstić information content (AvgIpc) is 3.38. The third-order valence-corrected chi connectivity index (χ3v) is 14.7. The molecule has 0 N–H and O–H groups in total. The summed E-state index contributed by atoms with van der Waals surface area (Å²) in [6, 6.07) is 0. The van der Waals surface area contributed by atoms with Crippen molar-refractivity contribution in [2.45, 2.75) is 367 Å². The van der Waals surface area contributed by atoms with Gasteiger partial charge in [-0.2, -0.15) is 0 Å². The van der Waals surface area contributed by atoms with Crippen LogP contribution >= 0.6 is 0 Å². The Hall–Kier alpha value is -2.11. The van der Waals surface area contributed by atoms with Gasteiger partial charge in [-0.05, 0) is 51.4 Å². The number of hydrogen-bond acceptors (Lipinski definition) is 6. The van der Waals surface area contributed by atoms with Crippen LogP contribution in [0.2, 0.25) is 0 Å². The molecule has 0 rings (SSSR count). The highest BCUT2D eigenvalue weighted by Crippen LogP contribution is 2.18. The van der Waals surface area contributed by atoms with E-state index >= 15 is 0 Å². The van der Waals surface area contributed by atoms with Crippen LogP contribution in [-0.2, 0) is 28.6 Å². The molecule has 6 nitrogen and oxygen atoms in total. The fraction of sp³-hybridized carbons (Fsp3) is 0.894. The molecule has 0 spiro atoms. The van der Waals surface area contributed by atoms with Crippen LogP contribution in [0.15, 0.2) is 24.3 Å². The zero-order chi connectivity index (χ0) is 52.2. The van der Waals surface area contributed by atoms with Gasteiger partial charge in [0, 0.05) is 19.3 Å². The topological polar surface area (TPSA) is 78.9 Å². The standard InChI is InChI=1S/C66H124O6/c1-4-7-10-13-16-18-20-22-24-25-26-27-28-29-30-31-32-33-34-35-36-37-38-39-40-41-42-44-45-47-50-53-56-59-65(68)71-62-63(61-70-64(67)58-55-52-49-15-12-9-6-3)72-66(69)60-57-54-51-48-46-43-23-21-19-17-14-11-8-5-2/h20,22,25-26,63H,4-19,21,23-24,27-62H2,1-3H3/b22-20-,26-25-. The third kappa shape index (κ3) is 58.8. The predicted molar refractivity (Wildman–Crippen MR) is 312 cm³/mol. The van der Waals surface area contributed by atoms with Crippen molar-refractivity contribution >= 4 is 17.9 Å². The van der Waals surface area contributed by atoms with E-state index in [1.54, 1.807) is 0 Å². The monoisotopic (exact) mass is 1010 g/mol. The lowest BCUT2D eigenvalue weighted by Gasteiger charge is -2.18. The highest BCUT2D eigenvalue weighted by Gasteiger charge is 2.19. The lowest BCUT2D eigenvalue weighted by atomic mass is 10.0. The second kappa shape index (κ2) is 61.4. The summed E-state index contributed by atoms with van der Waals surface area (Å²) < 4.78 is 16.8. The fourth-order valence-corrected chi connectivity index (χ4v) is 9.83. The van der Waals surface area contributed by atoms with Crippen molar-refractivity contribution in [2.75, 3.05) is 13.2 Å². The first kappa shape index (κ1) is 69.9. The highest BCUT2D eigenvalue weighted by molar-refractivity contribution is 5.71. The molecular weight excluding hydrogens is 889 g/mol.